The van der Waals surface area contributed by atoms with Crippen molar-refractivity contribution < 1.29 is 9.13 Å². The van der Waals surface area contributed by atoms with Crippen LogP contribution >= 0.6 is 0 Å². The average molecular weight is 262 g/mol. The minimum atomic E-state index is -0.474. The van der Waals surface area contributed by atoms with E-state index in [0.717, 1.165) is 18.5 Å². The Morgan fingerprint density at radius 2 is 2.32 bits per heavy atom. The second-order valence-electron chi connectivity index (χ2n) is 4.91. The lowest BCUT2D eigenvalue weighted by molar-refractivity contribution is 0.108. The van der Waals surface area contributed by atoms with Crippen LogP contribution in [0.5, 0.6) is 0 Å². The molecule has 1 aliphatic rings. The molecule has 0 bridgehead atoms. The summed E-state index contributed by atoms with van der Waals surface area (Å²) in [5.74, 6) is -0.474. The van der Waals surface area contributed by atoms with Crippen LogP contribution in [0.25, 0.3) is 0 Å². The first-order valence-corrected chi connectivity index (χ1v) is 6.79. The first-order valence-electron chi connectivity index (χ1n) is 6.79. The first-order chi connectivity index (χ1) is 9.29. The largest absolute Gasteiger partial charge is 0.377 e. The zero-order chi connectivity index (χ0) is 13.5. The molecular formula is C15H19FN2O. The van der Waals surface area contributed by atoms with Crippen molar-refractivity contribution in [3.8, 4) is 6.07 Å². The van der Waals surface area contributed by atoms with Gasteiger partial charge in [-0.3, -0.25) is 0 Å². The molecule has 19 heavy (non-hydrogen) atoms. The van der Waals surface area contributed by atoms with Crippen LogP contribution in [0.3, 0.4) is 0 Å². The van der Waals surface area contributed by atoms with Gasteiger partial charge in [0.15, 0.2) is 0 Å². The van der Waals surface area contributed by atoms with E-state index in [1.54, 1.807) is 12.1 Å². The molecule has 1 N–H and O–H groups in total. The summed E-state index contributed by atoms with van der Waals surface area (Å²) in [6.07, 6.45) is 4.79. The molecule has 1 aliphatic heterocycles. The molecule has 2 rings (SSSR count). The van der Waals surface area contributed by atoms with E-state index in [1.807, 2.05) is 6.07 Å². The number of rotatable bonds is 5. The van der Waals surface area contributed by atoms with Gasteiger partial charge in [0.2, 0.25) is 0 Å². The highest BCUT2D eigenvalue weighted by molar-refractivity contribution is 5.34. The molecule has 1 aromatic carbocycles. The van der Waals surface area contributed by atoms with Crippen LogP contribution < -0.4 is 5.32 Å². The number of ether oxygens (including phenoxy) is 1. The van der Waals surface area contributed by atoms with Crippen LogP contribution in [-0.4, -0.2) is 19.2 Å². The topological polar surface area (TPSA) is 45.0 Å². The molecule has 1 atom stereocenters. The summed E-state index contributed by atoms with van der Waals surface area (Å²) >= 11 is 0. The SMILES string of the molecule is N#Cc1cc(COCCC2CCCCN2)ccc1F. The Balaban J connectivity index is 1.72. The van der Waals surface area contributed by atoms with Gasteiger partial charge in [-0.25, -0.2) is 4.39 Å². The minimum absolute atomic E-state index is 0.0787. The quantitative estimate of drug-likeness (QED) is 0.830. The molecule has 0 amide bonds. The smallest absolute Gasteiger partial charge is 0.140 e. The maximum atomic E-state index is 13.1. The number of hydrogen-bond donors (Lipinski definition) is 1. The van der Waals surface area contributed by atoms with Crippen molar-refractivity contribution in [3.63, 3.8) is 0 Å². The van der Waals surface area contributed by atoms with E-state index in [-0.39, 0.29) is 5.56 Å². The molecule has 0 aliphatic carbocycles. The number of piperidine rings is 1. The van der Waals surface area contributed by atoms with E-state index in [1.165, 1.54) is 25.3 Å². The normalized spacial score (nSPS) is 19.1. The Bertz CT molecular complexity index is 450. The van der Waals surface area contributed by atoms with Gasteiger partial charge in [0, 0.05) is 12.6 Å². The van der Waals surface area contributed by atoms with E-state index >= 15 is 0 Å². The van der Waals surface area contributed by atoms with Gasteiger partial charge in [0.1, 0.15) is 11.9 Å². The molecule has 0 aromatic heterocycles. The lowest BCUT2D eigenvalue weighted by Gasteiger charge is -2.23. The van der Waals surface area contributed by atoms with Gasteiger partial charge in [-0.05, 0) is 43.5 Å². The summed E-state index contributed by atoms with van der Waals surface area (Å²) in [5, 5.41) is 12.2. The molecule has 1 heterocycles. The fraction of sp³-hybridized carbons (Fsp3) is 0.533. The molecule has 0 saturated carbocycles. The van der Waals surface area contributed by atoms with Gasteiger partial charge in [-0.1, -0.05) is 12.5 Å². The number of halogens is 1. The third-order valence-corrected chi connectivity index (χ3v) is 3.44. The Morgan fingerprint density at radius 3 is 3.05 bits per heavy atom. The van der Waals surface area contributed by atoms with Gasteiger partial charge >= 0.3 is 0 Å². The predicted molar refractivity (Wildman–Crippen MR) is 71.0 cm³/mol. The van der Waals surface area contributed by atoms with E-state index in [2.05, 4.69) is 5.32 Å². The van der Waals surface area contributed by atoms with Crippen LogP contribution in [0, 0.1) is 17.1 Å². The highest BCUT2D eigenvalue weighted by atomic mass is 19.1. The van der Waals surface area contributed by atoms with E-state index < -0.39 is 5.82 Å². The van der Waals surface area contributed by atoms with Gasteiger partial charge in [0.05, 0.1) is 12.2 Å². The lowest BCUT2D eigenvalue weighted by Crippen LogP contribution is -2.34. The molecule has 4 heteroatoms. The predicted octanol–water partition coefficient (Wildman–Crippen LogP) is 2.75. The Morgan fingerprint density at radius 1 is 1.42 bits per heavy atom. The number of nitrogens with one attached hydrogen (secondary N) is 1. The second-order valence-corrected chi connectivity index (χ2v) is 4.91. The number of hydrogen-bond acceptors (Lipinski definition) is 3. The number of nitrogens with zero attached hydrogens (tertiary/aromatic N) is 1. The average Bonchev–Trinajstić information content (AvgIpc) is 2.46. The van der Waals surface area contributed by atoms with Crippen molar-refractivity contribution in [3.05, 3.63) is 35.1 Å². The lowest BCUT2D eigenvalue weighted by atomic mass is 10.0. The molecule has 0 spiro atoms. The summed E-state index contributed by atoms with van der Waals surface area (Å²) in [6, 6.07) is 6.93. The van der Waals surface area contributed by atoms with Crippen LogP contribution in [-0.2, 0) is 11.3 Å². The molecular weight excluding hydrogens is 243 g/mol. The Kier molecular flexibility index (Phi) is 5.31. The van der Waals surface area contributed by atoms with Crippen LogP contribution in [0.4, 0.5) is 4.39 Å². The highest BCUT2D eigenvalue weighted by Crippen LogP contribution is 2.12. The maximum absolute atomic E-state index is 13.1. The summed E-state index contributed by atoms with van der Waals surface area (Å²) in [4.78, 5) is 0. The van der Waals surface area contributed by atoms with Crippen molar-refractivity contribution in [1.82, 2.24) is 5.32 Å². The van der Waals surface area contributed by atoms with Gasteiger partial charge in [-0.2, -0.15) is 5.26 Å². The standard InChI is InChI=1S/C15H19FN2O/c16-15-5-4-12(9-13(15)10-17)11-19-8-6-14-3-1-2-7-18-14/h4-5,9,14,18H,1-3,6-8,11H2. The van der Waals surface area contributed by atoms with Crippen LogP contribution in [0.1, 0.15) is 36.8 Å². The second kappa shape index (κ2) is 7.22. The van der Waals surface area contributed by atoms with Gasteiger partial charge < -0.3 is 10.1 Å². The van der Waals surface area contributed by atoms with Crippen molar-refractivity contribution in [2.45, 2.75) is 38.3 Å². The van der Waals surface area contributed by atoms with Gasteiger partial charge in [-0.15, -0.1) is 0 Å². The molecule has 3 nitrogen and oxygen atoms in total. The maximum Gasteiger partial charge on any atom is 0.140 e. The van der Waals surface area contributed by atoms with E-state index in [4.69, 9.17) is 10.00 Å². The number of nitriles is 1. The fourth-order valence-corrected chi connectivity index (χ4v) is 2.33. The van der Waals surface area contributed by atoms with E-state index in [0.29, 0.717) is 19.3 Å². The van der Waals surface area contributed by atoms with Crippen LogP contribution in [0.2, 0.25) is 0 Å². The monoisotopic (exact) mass is 262 g/mol. The summed E-state index contributed by atoms with van der Waals surface area (Å²) in [5.41, 5.74) is 0.921. The molecule has 0 radical (unpaired) electrons. The first kappa shape index (κ1) is 14.0. The van der Waals surface area contributed by atoms with E-state index in [9.17, 15) is 4.39 Å². The zero-order valence-electron chi connectivity index (χ0n) is 11.0. The minimum Gasteiger partial charge on any atom is -0.377 e. The van der Waals surface area contributed by atoms with Gasteiger partial charge in [0.25, 0.3) is 0 Å². The molecule has 1 fully saturated rings. The highest BCUT2D eigenvalue weighted by Gasteiger charge is 2.11. The van der Waals surface area contributed by atoms with Crippen molar-refractivity contribution in [2.24, 2.45) is 0 Å². The van der Waals surface area contributed by atoms with Crippen LogP contribution in [0.15, 0.2) is 18.2 Å². The summed E-state index contributed by atoms with van der Waals surface area (Å²) in [6.45, 7) is 2.23. The van der Waals surface area contributed by atoms with Crippen molar-refractivity contribution >= 4 is 0 Å². The number of benzene rings is 1. The molecule has 102 valence electrons. The Hall–Kier alpha value is -1.44. The molecule has 1 unspecified atom stereocenters. The zero-order valence-corrected chi connectivity index (χ0v) is 11.0. The molecule has 1 aromatic rings. The van der Waals surface area contributed by atoms with Crippen molar-refractivity contribution in [1.29, 1.82) is 5.26 Å². The van der Waals surface area contributed by atoms with Crippen molar-refractivity contribution in [2.75, 3.05) is 13.2 Å². The third-order valence-electron chi connectivity index (χ3n) is 3.44. The summed E-state index contributed by atoms with van der Waals surface area (Å²) < 4.78 is 18.7. The Labute approximate surface area is 113 Å². The summed E-state index contributed by atoms with van der Waals surface area (Å²) in [7, 11) is 0. The third kappa shape index (κ3) is 4.30. The fourth-order valence-electron chi connectivity index (χ4n) is 2.33. The molecule has 1 saturated heterocycles.